The largest absolute Gasteiger partial charge is 0.489 e. The molecule has 4 rings (SSSR count). The zero-order valence-corrected chi connectivity index (χ0v) is 14.4. The molecule has 132 valence electrons. The lowest BCUT2D eigenvalue weighted by Gasteiger charge is -2.53. The van der Waals surface area contributed by atoms with Crippen LogP contribution in [0.25, 0.3) is 0 Å². The zero-order valence-electron chi connectivity index (χ0n) is 14.4. The Morgan fingerprint density at radius 2 is 2.16 bits per heavy atom. The van der Waals surface area contributed by atoms with Gasteiger partial charge in [-0.3, -0.25) is 9.88 Å². The third-order valence-electron chi connectivity index (χ3n) is 4.85. The van der Waals surface area contributed by atoms with Crippen molar-refractivity contribution in [1.82, 2.24) is 14.9 Å². The standard InChI is InChI=1S/C19H23N3O3/c1-23-18-15(4-2-8-21-18)12-22-13-19(14-22)10-16(6-9-24-19)25-17-5-3-7-20-11-17/h2-5,7-8,11,16H,6,9-10,12-14H2,1H3/t16-/m0/s1. The van der Waals surface area contributed by atoms with Crippen molar-refractivity contribution >= 4 is 0 Å². The fourth-order valence-electron chi connectivity index (χ4n) is 3.76. The molecule has 25 heavy (non-hydrogen) atoms. The van der Waals surface area contributed by atoms with E-state index >= 15 is 0 Å². The predicted molar refractivity (Wildman–Crippen MR) is 92.6 cm³/mol. The number of rotatable bonds is 5. The van der Waals surface area contributed by atoms with Gasteiger partial charge in [0.15, 0.2) is 0 Å². The van der Waals surface area contributed by atoms with Gasteiger partial charge in [0, 0.05) is 50.4 Å². The Hall–Kier alpha value is -2.18. The maximum absolute atomic E-state index is 6.11. The van der Waals surface area contributed by atoms with E-state index < -0.39 is 0 Å². The molecule has 4 heterocycles. The van der Waals surface area contributed by atoms with Crippen LogP contribution in [0.3, 0.4) is 0 Å². The van der Waals surface area contributed by atoms with Gasteiger partial charge in [-0.25, -0.2) is 4.98 Å². The fourth-order valence-corrected chi connectivity index (χ4v) is 3.76. The molecule has 2 aromatic heterocycles. The molecular formula is C19H23N3O3. The Morgan fingerprint density at radius 3 is 2.96 bits per heavy atom. The van der Waals surface area contributed by atoms with E-state index in [1.165, 1.54) is 0 Å². The van der Waals surface area contributed by atoms with Gasteiger partial charge in [0.2, 0.25) is 5.88 Å². The van der Waals surface area contributed by atoms with E-state index in [4.69, 9.17) is 14.2 Å². The molecule has 1 spiro atoms. The van der Waals surface area contributed by atoms with E-state index in [0.717, 1.165) is 50.4 Å². The van der Waals surface area contributed by atoms with E-state index in [1.54, 1.807) is 25.7 Å². The van der Waals surface area contributed by atoms with Gasteiger partial charge in [-0.15, -0.1) is 0 Å². The van der Waals surface area contributed by atoms with Crippen molar-refractivity contribution in [2.45, 2.75) is 31.1 Å². The molecule has 0 saturated carbocycles. The van der Waals surface area contributed by atoms with Crippen molar-refractivity contribution < 1.29 is 14.2 Å². The van der Waals surface area contributed by atoms with E-state index in [-0.39, 0.29) is 11.7 Å². The Morgan fingerprint density at radius 1 is 1.28 bits per heavy atom. The molecule has 2 fully saturated rings. The summed E-state index contributed by atoms with van der Waals surface area (Å²) in [5.41, 5.74) is 1.03. The van der Waals surface area contributed by atoms with Crippen molar-refractivity contribution in [3.63, 3.8) is 0 Å². The van der Waals surface area contributed by atoms with E-state index in [0.29, 0.717) is 5.88 Å². The zero-order chi connectivity index (χ0) is 17.1. The van der Waals surface area contributed by atoms with Crippen LogP contribution in [-0.2, 0) is 11.3 Å². The van der Waals surface area contributed by atoms with Crippen LogP contribution in [0, 0.1) is 0 Å². The number of nitrogens with zero attached hydrogens (tertiary/aromatic N) is 3. The predicted octanol–water partition coefficient (Wildman–Crippen LogP) is 2.30. The molecule has 0 N–H and O–H groups in total. The van der Waals surface area contributed by atoms with Gasteiger partial charge in [-0.2, -0.15) is 0 Å². The normalized spacial score (nSPS) is 22.4. The summed E-state index contributed by atoms with van der Waals surface area (Å²) >= 11 is 0. The SMILES string of the molecule is COc1ncccc1CN1CC2(C[C@@H](Oc3cccnc3)CCO2)C1. The highest BCUT2D eigenvalue weighted by atomic mass is 16.5. The first-order valence-electron chi connectivity index (χ1n) is 8.67. The van der Waals surface area contributed by atoms with Crippen LogP contribution in [0.5, 0.6) is 11.6 Å². The maximum Gasteiger partial charge on any atom is 0.217 e. The van der Waals surface area contributed by atoms with Gasteiger partial charge < -0.3 is 14.2 Å². The molecule has 2 saturated heterocycles. The topological polar surface area (TPSA) is 56.7 Å². The van der Waals surface area contributed by atoms with Gasteiger partial charge in [0.05, 0.1) is 25.5 Å². The monoisotopic (exact) mass is 341 g/mol. The summed E-state index contributed by atoms with van der Waals surface area (Å²) in [7, 11) is 1.66. The Bertz CT molecular complexity index is 704. The number of aromatic nitrogens is 2. The lowest BCUT2D eigenvalue weighted by atomic mass is 9.84. The van der Waals surface area contributed by atoms with E-state index in [2.05, 4.69) is 20.9 Å². The van der Waals surface area contributed by atoms with Gasteiger partial charge in [-0.05, 0) is 18.2 Å². The summed E-state index contributed by atoms with van der Waals surface area (Å²) in [5, 5.41) is 0. The van der Waals surface area contributed by atoms with Gasteiger partial charge >= 0.3 is 0 Å². The molecule has 0 bridgehead atoms. The number of pyridine rings is 2. The third-order valence-corrected chi connectivity index (χ3v) is 4.85. The molecule has 2 aliphatic rings. The molecule has 0 radical (unpaired) electrons. The molecule has 0 amide bonds. The first kappa shape index (κ1) is 16.3. The van der Waals surface area contributed by atoms with Crippen LogP contribution in [0.4, 0.5) is 0 Å². The smallest absolute Gasteiger partial charge is 0.217 e. The van der Waals surface area contributed by atoms with Gasteiger partial charge in [-0.1, -0.05) is 6.07 Å². The molecular weight excluding hydrogens is 318 g/mol. The van der Waals surface area contributed by atoms with Crippen LogP contribution in [0.2, 0.25) is 0 Å². The van der Waals surface area contributed by atoms with E-state index in [9.17, 15) is 0 Å². The average molecular weight is 341 g/mol. The van der Waals surface area contributed by atoms with Crippen LogP contribution in [-0.4, -0.2) is 53.4 Å². The summed E-state index contributed by atoms with van der Waals surface area (Å²) in [5.74, 6) is 1.53. The Balaban J connectivity index is 1.33. The number of likely N-dealkylation sites (tertiary alicyclic amines) is 1. The molecule has 2 aliphatic heterocycles. The summed E-state index contributed by atoms with van der Waals surface area (Å²) < 4.78 is 17.5. The number of ether oxygens (including phenoxy) is 3. The molecule has 6 heteroatoms. The van der Waals surface area contributed by atoms with Crippen LogP contribution in [0.15, 0.2) is 42.9 Å². The summed E-state index contributed by atoms with van der Waals surface area (Å²) in [6.07, 6.45) is 7.31. The highest BCUT2D eigenvalue weighted by Gasteiger charge is 2.48. The summed E-state index contributed by atoms with van der Waals surface area (Å²) in [6.45, 7) is 3.40. The van der Waals surface area contributed by atoms with Crippen molar-refractivity contribution in [2.24, 2.45) is 0 Å². The van der Waals surface area contributed by atoms with Crippen molar-refractivity contribution in [1.29, 1.82) is 0 Å². The maximum atomic E-state index is 6.11. The van der Waals surface area contributed by atoms with Gasteiger partial charge in [0.25, 0.3) is 0 Å². The lowest BCUT2D eigenvalue weighted by molar-refractivity contribution is -0.188. The molecule has 0 aliphatic carbocycles. The molecule has 1 atom stereocenters. The number of hydrogen-bond acceptors (Lipinski definition) is 6. The average Bonchev–Trinajstić information content (AvgIpc) is 2.62. The first-order valence-corrected chi connectivity index (χ1v) is 8.67. The Labute approximate surface area is 147 Å². The number of methoxy groups -OCH3 is 1. The van der Waals surface area contributed by atoms with Crippen molar-refractivity contribution in [3.05, 3.63) is 48.4 Å². The second kappa shape index (κ2) is 6.98. The van der Waals surface area contributed by atoms with Crippen LogP contribution < -0.4 is 9.47 Å². The highest BCUT2D eigenvalue weighted by molar-refractivity contribution is 5.26. The lowest BCUT2D eigenvalue weighted by Crippen LogP contribution is -2.65. The van der Waals surface area contributed by atoms with Gasteiger partial charge in [0.1, 0.15) is 11.9 Å². The molecule has 6 nitrogen and oxygen atoms in total. The van der Waals surface area contributed by atoms with Crippen molar-refractivity contribution in [2.75, 3.05) is 26.8 Å². The van der Waals surface area contributed by atoms with E-state index in [1.807, 2.05) is 18.2 Å². The molecule has 0 aromatic carbocycles. The minimum Gasteiger partial charge on any atom is -0.489 e. The fraction of sp³-hybridized carbons (Fsp3) is 0.474. The summed E-state index contributed by atoms with van der Waals surface area (Å²) in [4.78, 5) is 10.7. The summed E-state index contributed by atoms with van der Waals surface area (Å²) in [6, 6.07) is 7.86. The van der Waals surface area contributed by atoms with Crippen LogP contribution >= 0.6 is 0 Å². The molecule has 0 unspecified atom stereocenters. The highest BCUT2D eigenvalue weighted by Crippen LogP contribution is 2.36. The molecule has 2 aromatic rings. The quantitative estimate of drug-likeness (QED) is 0.832. The minimum atomic E-state index is -0.0828. The minimum absolute atomic E-state index is 0.0828. The second-order valence-electron chi connectivity index (χ2n) is 6.77. The van der Waals surface area contributed by atoms with Crippen molar-refractivity contribution in [3.8, 4) is 11.6 Å². The number of hydrogen-bond donors (Lipinski definition) is 0. The van der Waals surface area contributed by atoms with Crippen LogP contribution in [0.1, 0.15) is 18.4 Å². The Kier molecular flexibility index (Phi) is 4.55. The third kappa shape index (κ3) is 3.60. The second-order valence-corrected chi connectivity index (χ2v) is 6.77. The first-order chi connectivity index (χ1) is 12.3.